The minimum Gasteiger partial charge on any atom is -0.467 e. The molecule has 178 valence electrons. The van der Waals surface area contributed by atoms with Crippen LogP contribution in [0, 0.1) is 0 Å². The van der Waals surface area contributed by atoms with E-state index >= 15 is 0 Å². The first kappa shape index (κ1) is 24.8. The predicted octanol–water partition coefficient (Wildman–Crippen LogP) is 5.93. The zero-order valence-electron chi connectivity index (χ0n) is 19.3. The Morgan fingerprint density at radius 3 is 2.36 bits per heavy atom. The maximum Gasteiger partial charge on any atom is 0.271 e. The lowest BCUT2D eigenvalue weighted by atomic mass is 10.1. The average Bonchev–Trinajstić information content (AvgIpc) is 3.59. The number of furan rings is 2. The molecule has 0 unspecified atom stereocenters. The molecule has 0 aromatic carbocycles. The van der Waals surface area contributed by atoms with Crippen LogP contribution in [0.3, 0.4) is 0 Å². The third-order valence-electron chi connectivity index (χ3n) is 5.39. The molecule has 0 aliphatic carbocycles. The summed E-state index contributed by atoms with van der Waals surface area (Å²) >= 11 is 1.38. The lowest BCUT2D eigenvalue weighted by Gasteiger charge is -2.20. The van der Waals surface area contributed by atoms with Crippen molar-refractivity contribution in [1.82, 2.24) is 15.2 Å². The van der Waals surface area contributed by atoms with Gasteiger partial charge >= 0.3 is 0 Å². The standard InChI is InChI=1S/C25H33N3O4S/c1-2-3-4-5-6-7-8-13-24(29)28(17-21-12-10-15-32-21)18-23-27-22(19-33-23)25(30)26-16-20-11-9-14-31-20/h9-12,14-15,19H,2-8,13,16-18H2,1H3,(H,26,30). The molecule has 3 rings (SSSR count). The highest BCUT2D eigenvalue weighted by molar-refractivity contribution is 7.09. The molecular weight excluding hydrogens is 438 g/mol. The molecule has 33 heavy (non-hydrogen) atoms. The maximum atomic E-state index is 13.0. The summed E-state index contributed by atoms with van der Waals surface area (Å²) in [5.74, 6) is 1.23. The summed E-state index contributed by atoms with van der Waals surface area (Å²) in [5.41, 5.74) is 0.346. The van der Waals surface area contributed by atoms with Crippen LogP contribution in [0.5, 0.6) is 0 Å². The minimum atomic E-state index is -0.263. The number of carbonyl (C=O) groups excluding carboxylic acids is 2. The Kier molecular flexibility index (Phi) is 10.2. The Morgan fingerprint density at radius 1 is 0.970 bits per heavy atom. The molecule has 0 aliphatic rings. The highest BCUT2D eigenvalue weighted by atomic mass is 32.1. The van der Waals surface area contributed by atoms with Gasteiger partial charge in [-0.3, -0.25) is 9.59 Å². The number of nitrogens with one attached hydrogen (secondary N) is 1. The molecule has 0 aliphatic heterocycles. The topological polar surface area (TPSA) is 88.6 Å². The van der Waals surface area contributed by atoms with Crippen LogP contribution in [0.4, 0.5) is 0 Å². The molecule has 1 N–H and O–H groups in total. The van der Waals surface area contributed by atoms with Gasteiger partial charge in [-0.15, -0.1) is 11.3 Å². The van der Waals surface area contributed by atoms with Crippen molar-refractivity contribution in [3.63, 3.8) is 0 Å². The molecule has 0 saturated carbocycles. The monoisotopic (exact) mass is 471 g/mol. The van der Waals surface area contributed by atoms with Gasteiger partial charge in [-0.2, -0.15) is 0 Å². The van der Waals surface area contributed by atoms with Crippen LogP contribution in [-0.2, 0) is 24.4 Å². The second kappa shape index (κ2) is 13.6. The van der Waals surface area contributed by atoms with Crippen molar-refractivity contribution in [2.24, 2.45) is 0 Å². The van der Waals surface area contributed by atoms with Crippen LogP contribution < -0.4 is 5.32 Å². The van der Waals surface area contributed by atoms with Gasteiger partial charge in [-0.05, 0) is 30.7 Å². The number of hydrogen-bond donors (Lipinski definition) is 1. The number of thiazole rings is 1. The van der Waals surface area contributed by atoms with E-state index < -0.39 is 0 Å². The Labute approximate surface area is 199 Å². The fraction of sp³-hybridized carbons (Fsp3) is 0.480. The zero-order chi connectivity index (χ0) is 23.3. The quantitative estimate of drug-likeness (QED) is 0.278. The molecular formula is C25H33N3O4S. The summed E-state index contributed by atoms with van der Waals surface area (Å²) in [4.78, 5) is 31.6. The largest absolute Gasteiger partial charge is 0.467 e. The number of unbranched alkanes of at least 4 members (excludes halogenated alkanes) is 6. The van der Waals surface area contributed by atoms with Crippen molar-refractivity contribution in [2.75, 3.05) is 0 Å². The van der Waals surface area contributed by atoms with E-state index in [1.54, 1.807) is 34.9 Å². The van der Waals surface area contributed by atoms with Gasteiger partial charge in [0.05, 0.1) is 32.2 Å². The van der Waals surface area contributed by atoms with Gasteiger partial charge in [-0.1, -0.05) is 45.4 Å². The van der Waals surface area contributed by atoms with Crippen LogP contribution in [-0.4, -0.2) is 21.7 Å². The van der Waals surface area contributed by atoms with Crippen LogP contribution in [0.25, 0.3) is 0 Å². The molecule has 0 spiro atoms. The second-order valence-electron chi connectivity index (χ2n) is 8.09. The summed E-state index contributed by atoms with van der Waals surface area (Å²) in [6.45, 7) is 3.26. The summed E-state index contributed by atoms with van der Waals surface area (Å²) in [5, 5.41) is 5.24. The summed E-state index contributed by atoms with van der Waals surface area (Å²) in [6.07, 6.45) is 11.9. The number of rotatable bonds is 15. The number of carbonyl (C=O) groups is 2. The first-order valence-electron chi connectivity index (χ1n) is 11.7. The van der Waals surface area contributed by atoms with Crippen molar-refractivity contribution in [3.05, 3.63) is 64.4 Å². The van der Waals surface area contributed by atoms with Crippen LogP contribution in [0.2, 0.25) is 0 Å². The second-order valence-corrected chi connectivity index (χ2v) is 9.03. The van der Waals surface area contributed by atoms with Crippen molar-refractivity contribution in [1.29, 1.82) is 0 Å². The van der Waals surface area contributed by atoms with E-state index in [-0.39, 0.29) is 11.8 Å². The van der Waals surface area contributed by atoms with Crippen LogP contribution in [0.15, 0.2) is 51.0 Å². The van der Waals surface area contributed by atoms with E-state index in [1.165, 1.54) is 43.4 Å². The Bertz CT molecular complexity index is 950. The Hall–Kier alpha value is -2.87. The van der Waals surface area contributed by atoms with E-state index in [0.717, 1.165) is 23.6 Å². The van der Waals surface area contributed by atoms with Gasteiger partial charge in [0.25, 0.3) is 5.91 Å². The average molecular weight is 472 g/mol. The number of aromatic nitrogens is 1. The smallest absolute Gasteiger partial charge is 0.271 e. The summed E-state index contributed by atoms with van der Waals surface area (Å²) < 4.78 is 10.7. The first-order valence-corrected chi connectivity index (χ1v) is 12.6. The Morgan fingerprint density at radius 2 is 1.67 bits per heavy atom. The molecule has 2 amide bonds. The fourth-order valence-electron chi connectivity index (χ4n) is 3.54. The normalized spacial score (nSPS) is 10.9. The highest BCUT2D eigenvalue weighted by Gasteiger charge is 2.19. The van der Waals surface area contributed by atoms with Crippen LogP contribution in [0.1, 0.15) is 85.3 Å². The van der Waals surface area contributed by atoms with Crippen molar-refractivity contribution < 1.29 is 18.4 Å². The number of amides is 2. The van der Waals surface area contributed by atoms with Gasteiger partial charge in [-0.25, -0.2) is 4.98 Å². The van der Waals surface area contributed by atoms with Crippen LogP contribution >= 0.6 is 11.3 Å². The molecule has 0 atom stereocenters. The predicted molar refractivity (Wildman–Crippen MR) is 128 cm³/mol. The number of nitrogens with zero attached hydrogens (tertiary/aromatic N) is 2. The molecule has 7 nitrogen and oxygen atoms in total. The highest BCUT2D eigenvalue weighted by Crippen LogP contribution is 2.18. The zero-order valence-corrected chi connectivity index (χ0v) is 20.1. The summed E-state index contributed by atoms with van der Waals surface area (Å²) in [6, 6.07) is 7.26. The summed E-state index contributed by atoms with van der Waals surface area (Å²) in [7, 11) is 0. The van der Waals surface area contributed by atoms with Gasteiger partial charge < -0.3 is 19.1 Å². The van der Waals surface area contributed by atoms with Crippen molar-refractivity contribution in [3.8, 4) is 0 Å². The van der Waals surface area contributed by atoms with E-state index in [9.17, 15) is 9.59 Å². The molecule has 0 bridgehead atoms. The lowest BCUT2D eigenvalue weighted by Crippen LogP contribution is -2.30. The third-order valence-corrected chi connectivity index (χ3v) is 6.22. The van der Waals surface area contributed by atoms with E-state index in [0.29, 0.717) is 37.5 Å². The molecule has 3 aromatic heterocycles. The molecule has 8 heteroatoms. The first-order chi connectivity index (χ1) is 16.2. The van der Waals surface area contributed by atoms with Gasteiger partial charge in [0.2, 0.25) is 5.91 Å². The van der Waals surface area contributed by atoms with Gasteiger partial charge in [0, 0.05) is 11.8 Å². The molecule has 0 saturated heterocycles. The van der Waals surface area contributed by atoms with E-state index in [4.69, 9.17) is 8.83 Å². The maximum absolute atomic E-state index is 13.0. The fourth-order valence-corrected chi connectivity index (χ4v) is 4.33. The van der Waals surface area contributed by atoms with E-state index in [2.05, 4.69) is 17.2 Å². The minimum absolute atomic E-state index is 0.0824. The number of hydrogen-bond acceptors (Lipinski definition) is 6. The molecule has 3 aromatic rings. The SMILES string of the molecule is CCCCCCCCCC(=O)N(Cc1ccco1)Cc1nc(C(=O)NCc2ccco2)cs1. The van der Waals surface area contributed by atoms with Gasteiger partial charge in [0.15, 0.2) is 0 Å². The Balaban J connectivity index is 1.51. The lowest BCUT2D eigenvalue weighted by molar-refractivity contribution is -0.132. The van der Waals surface area contributed by atoms with Crippen molar-refractivity contribution in [2.45, 2.75) is 77.9 Å². The van der Waals surface area contributed by atoms with Crippen molar-refractivity contribution >= 4 is 23.2 Å². The molecule has 0 radical (unpaired) electrons. The third kappa shape index (κ3) is 8.53. The van der Waals surface area contributed by atoms with Gasteiger partial charge in [0.1, 0.15) is 22.2 Å². The van der Waals surface area contributed by atoms with E-state index in [1.807, 2.05) is 12.1 Å². The molecule has 3 heterocycles. The molecule has 0 fully saturated rings.